The first kappa shape index (κ1) is 12.8. The molecule has 17 heavy (non-hydrogen) atoms. The number of carbonyl (C=O) groups excluding carboxylic acids is 1. The number of piperidine rings is 1. The molecule has 4 heteroatoms. The van der Waals surface area contributed by atoms with Gasteiger partial charge in [0, 0.05) is 25.7 Å². The SMILES string of the molecule is CC1CC(C)C(C)N(C(=O)C2CNCCO2)C1. The van der Waals surface area contributed by atoms with Gasteiger partial charge < -0.3 is 15.0 Å². The number of amides is 1. The minimum Gasteiger partial charge on any atom is -0.366 e. The Labute approximate surface area is 104 Å². The molecule has 1 amide bonds. The van der Waals surface area contributed by atoms with Crippen molar-refractivity contribution in [2.45, 2.75) is 39.3 Å². The fourth-order valence-corrected chi connectivity index (χ4v) is 2.92. The van der Waals surface area contributed by atoms with Gasteiger partial charge in [-0.3, -0.25) is 4.79 Å². The number of nitrogens with one attached hydrogen (secondary N) is 1. The van der Waals surface area contributed by atoms with Gasteiger partial charge in [0.05, 0.1) is 6.61 Å². The fraction of sp³-hybridized carbons (Fsp3) is 0.923. The number of rotatable bonds is 1. The average molecular weight is 240 g/mol. The molecule has 1 N–H and O–H groups in total. The van der Waals surface area contributed by atoms with Crippen LogP contribution in [0.2, 0.25) is 0 Å². The summed E-state index contributed by atoms with van der Waals surface area (Å²) in [4.78, 5) is 14.4. The highest BCUT2D eigenvalue weighted by molar-refractivity contribution is 5.81. The van der Waals surface area contributed by atoms with Crippen LogP contribution in [0, 0.1) is 11.8 Å². The molecule has 0 spiro atoms. The number of morpholine rings is 1. The first-order valence-electron chi connectivity index (χ1n) is 6.72. The first-order valence-corrected chi connectivity index (χ1v) is 6.72. The standard InChI is InChI=1S/C13H24N2O2/c1-9-6-10(2)11(3)15(8-9)13(16)12-7-14-4-5-17-12/h9-12,14H,4-8H2,1-3H3. The van der Waals surface area contributed by atoms with Crippen molar-refractivity contribution in [3.63, 3.8) is 0 Å². The summed E-state index contributed by atoms with van der Waals surface area (Å²) in [6.07, 6.45) is 0.943. The van der Waals surface area contributed by atoms with Gasteiger partial charge in [-0.2, -0.15) is 0 Å². The zero-order valence-corrected chi connectivity index (χ0v) is 11.1. The van der Waals surface area contributed by atoms with Crippen LogP contribution in [0.1, 0.15) is 27.2 Å². The van der Waals surface area contributed by atoms with Crippen LogP contribution >= 0.6 is 0 Å². The van der Waals surface area contributed by atoms with E-state index in [1.165, 1.54) is 6.42 Å². The van der Waals surface area contributed by atoms with Gasteiger partial charge in [-0.25, -0.2) is 0 Å². The summed E-state index contributed by atoms with van der Waals surface area (Å²) >= 11 is 0. The van der Waals surface area contributed by atoms with E-state index in [2.05, 4.69) is 26.1 Å². The molecule has 4 nitrogen and oxygen atoms in total. The highest BCUT2D eigenvalue weighted by atomic mass is 16.5. The molecular weight excluding hydrogens is 216 g/mol. The molecule has 2 heterocycles. The zero-order valence-electron chi connectivity index (χ0n) is 11.1. The smallest absolute Gasteiger partial charge is 0.253 e. The molecule has 0 aromatic rings. The van der Waals surface area contributed by atoms with Gasteiger partial charge in [0.2, 0.25) is 0 Å². The Hall–Kier alpha value is -0.610. The number of likely N-dealkylation sites (tertiary alicyclic amines) is 1. The summed E-state index contributed by atoms with van der Waals surface area (Å²) in [7, 11) is 0. The van der Waals surface area contributed by atoms with Crippen molar-refractivity contribution in [1.82, 2.24) is 10.2 Å². The van der Waals surface area contributed by atoms with E-state index in [4.69, 9.17) is 4.74 Å². The van der Waals surface area contributed by atoms with E-state index in [-0.39, 0.29) is 12.0 Å². The number of hydrogen-bond acceptors (Lipinski definition) is 3. The van der Waals surface area contributed by atoms with Gasteiger partial charge >= 0.3 is 0 Å². The lowest BCUT2D eigenvalue weighted by Crippen LogP contribution is -2.56. The minimum absolute atomic E-state index is 0.170. The van der Waals surface area contributed by atoms with E-state index < -0.39 is 0 Å². The Kier molecular flexibility index (Phi) is 4.05. The molecule has 2 saturated heterocycles. The van der Waals surface area contributed by atoms with Crippen LogP contribution in [0.5, 0.6) is 0 Å². The molecule has 98 valence electrons. The van der Waals surface area contributed by atoms with E-state index >= 15 is 0 Å². The summed E-state index contributed by atoms with van der Waals surface area (Å²) in [6, 6.07) is 0.337. The Morgan fingerprint density at radius 3 is 2.76 bits per heavy atom. The minimum atomic E-state index is -0.274. The van der Waals surface area contributed by atoms with Crippen molar-refractivity contribution in [2.24, 2.45) is 11.8 Å². The second-order valence-electron chi connectivity index (χ2n) is 5.61. The zero-order chi connectivity index (χ0) is 12.4. The van der Waals surface area contributed by atoms with Gasteiger partial charge in [-0.1, -0.05) is 13.8 Å². The Morgan fingerprint density at radius 2 is 2.12 bits per heavy atom. The molecule has 4 unspecified atom stereocenters. The summed E-state index contributed by atoms with van der Waals surface area (Å²) in [5, 5.41) is 3.22. The van der Waals surface area contributed by atoms with E-state index in [0.29, 0.717) is 31.0 Å². The molecular formula is C13H24N2O2. The lowest BCUT2D eigenvalue weighted by molar-refractivity contribution is -0.151. The lowest BCUT2D eigenvalue weighted by Gasteiger charge is -2.42. The lowest BCUT2D eigenvalue weighted by atomic mass is 9.85. The Balaban J connectivity index is 2.01. The molecule has 2 aliphatic heterocycles. The first-order chi connectivity index (χ1) is 8.09. The monoisotopic (exact) mass is 240 g/mol. The average Bonchev–Trinajstić information content (AvgIpc) is 2.34. The van der Waals surface area contributed by atoms with Crippen LogP contribution < -0.4 is 5.32 Å². The van der Waals surface area contributed by atoms with Crippen LogP contribution in [0.15, 0.2) is 0 Å². The summed E-state index contributed by atoms with van der Waals surface area (Å²) in [5.74, 6) is 1.35. The van der Waals surface area contributed by atoms with Crippen molar-refractivity contribution < 1.29 is 9.53 Å². The molecule has 0 aromatic heterocycles. The summed E-state index contributed by atoms with van der Waals surface area (Å²) in [6.45, 7) is 9.65. The van der Waals surface area contributed by atoms with Gasteiger partial charge in [0.25, 0.3) is 5.91 Å². The third-order valence-electron chi connectivity index (χ3n) is 4.08. The predicted molar refractivity (Wildman–Crippen MR) is 66.7 cm³/mol. The van der Waals surface area contributed by atoms with Crippen molar-refractivity contribution in [2.75, 3.05) is 26.2 Å². The molecule has 0 radical (unpaired) electrons. The van der Waals surface area contributed by atoms with Crippen molar-refractivity contribution >= 4 is 5.91 Å². The highest BCUT2D eigenvalue weighted by Crippen LogP contribution is 2.27. The molecule has 2 rings (SSSR count). The maximum atomic E-state index is 12.4. The van der Waals surface area contributed by atoms with Crippen LogP contribution in [0.4, 0.5) is 0 Å². The normalized spacial score (nSPS) is 39.1. The van der Waals surface area contributed by atoms with Crippen LogP contribution in [0.3, 0.4) is 0 Å². The number of nitrogens with zero attached hydrogens (tertiary/aromatic N) is 1. The largest absolute Gasteiger partial charge is 0.366 e. The third-order valence-corrected chi connectivity index (χ3v) is 4.08. The second-order valence-corrected chi connectivity index (χ2v) is 5.61. The van der Waals surface area contributed by atoms with Gasteiger partial charge in [-0.15, -0.1) is 0 Å². The highest BCUT2D eigenvalue weighted by Gasteiger charge is 2.35. The van der Waals surface area contributed by atoms with E-state index in [1.54, 1.807) is 0 Å². The summed E-state index contributed by atoms with van der Waals surface area (Å²) < 4.78 is 5.56. The molecule has 0 saturated carbocycles. The molecule has 0 aromatic carbocycles. The van der Waals surface area contributed by atoms with Crippen LogP contribution in [-0.4, -0.2) is 49.2 Å². The third kappa shape index (κ3) is 2.80. The Morgan fingerprint density at radius 1 is 1.35 bits per heavy atom. The van der Waals surface area contributed by atoms with E-state index in [1.807, 2.05) is 4.90 Å². The predicted octanol–water partition coefficient (Wildman–Crippen LogP) is 0.868. The maximum Gasteiger partial charge on any atom is 0.253 e. The fourth-order valence-electron chi connectivity index (χ4n) is 2.92. The van der Waals surface area contributed by atoms with E-state index in [9.17, 15) is 4.79 Å². The van der Waals surface area contributed by atoms with Gasteiger partial charge in [0.1, 0.15) is 6.10 Å². The van der Waals surface area contributed by atoms with E-state index in [0.717, 1.165) is 13.1 Å². The quantitative estimate of drug-likeness (QED) is 0.739. The van der Waals surface area contributed by atoms with Crippen molar-refractivity contribution in [3.8, 4) is 0 Å². The molecule has 4 atom stereocenters. The Bertz CT molecular complexity index is 277. The van der Waals surface area contributed by atoms with Crippen molar-refractivity contribution in [3.05, 3.63) is 0 Å². The van der Waals surface area contributed by atoms with Crippen molar-refractivity contribution in [1.29, 1.82) is 0 Å². The van der Waals surface area contributed by atoms with Crippen LogP contribution in [0.25, 0.3) is 0 Å². The molecule has 2 fully saturated rings. The number of hydrogen-bond donors (Lipinski definition) is 1. The molecule has 0 bridgehead atoms. The number of carbonyl (C=O) groups is 1. The molecule has 0 aliphatic carbocycles. The summed E-state index contributed by atoms with van der Waals surface area (Å²) in [5.41, 5.74) is 0. The topological polar surface area (TPSA) is 41.6 Å². The second kappa shape index (κ2) is 5.36. The van der Waals surface area contributed by atoms with Gasteiger partial charge in [0.15, 0.2) is 0 Å². The van der Waals surface area contributed by atoms with Crippen LogP contribution in [-0.2, 0) is 9.53 Å². The van der Waals surface area contributed by atoms with Gasteiger partial charge in [-0.05, 0) is 25.2 Å². The maximum absolute atomic E-state index is 12.4. The number of ether oxygens (including phenoxy) is 1. The molecule has 2 aliphatic rings.